The van der Waals surface area contributed by atoms with Crippen LogP contribution in [0.4, 0.5) is 13.2 Å². The zero-order valence-corrected chi connectivity index (χ0v) is 18.8. The number of nitrogens with zero attached hydrogens (tertiary/aromatic N) is 3. The van der Waals surface area contributed by atoms with Gasteiger partial charge in [-0.05, 0) is 68.6 Å². The Morgan fingerprint density at radius 2 is 2.12 bits per heavy atom. The third-order valence-corrected chi connectivity index (χ3v) is 8.32. The monoisotopic (exact) mass is 462 g/mol. The van der Waals surface area contributed by atoms with E-state index in [2.05, 4.69) is 15.4 Å². The number of halogens is 3. The fraction of sp³-hybridized carbons (Fsp3) is 0.522. The Morgan fingerprint density at radius 1 is 1.31 bits per heavy atom. The van der Waals surface area contributed by atoms with E-state index in [1.165, 1.54) is 36.8 Å². The highest BCUT2D eigenvalue weighted by atomic mass is 32.1. The van der Waals surface area contributed by atoms with Crippen molar-refractivity contribution in [1.82, 2.24) is 19.9 Å². The van der Waals surface area contributed by atoms with Crippen LogP contribution in [-0.4, -0.2) is 26.5 Å². The van der Waals surface area contributed by atoms with E-state index in [0.717, 1.165) is 34.2 Å². The second-order valence-electron chi connectivity index (χ2n) is 9.04. The topological polar surface area (TPSA) is 59.3 Å². The molecule has 1 amide bonds. The maximum absolute atomic E-state index is 13.8. The molecule has 0 spiro atoms. The Bertz CT molecular complexity index is 1170. The predicted molar refractivity (Wildman–Crippen MR) is 117 cm³/mol. The van der Waals surface area contributed by atoms with Gasteiger partial charge in [-0.25, -0.2) is 9.50 Å². The molecule has 5 rings (SSSR count). The van der Waals surface area contributed by atoms with Crippen LogP contribution in [0.25, 0.3) is 16.2 Å². The zero-order chi connectivity index (χ0) is 22.6. The van der Waals surface area contributed by atoms with Crippen molar-refractivity contribution in [3.63, 3.8) is 0 Å². The normalized spacial score (nSPS) is 23.7. The van der Waals surface area contributed by atoms with Gasteiger partial charge in [0.2, 0.25) is 0 Å². The summed E-state index contributed by atoms with van der Waals surface area (Å²) in [7, 11) is 0. The zero-order valence-electron chi connectivity index (χ0n) is 17.9. The number of fused-ring (bicyclic) bond motifs is 3. The van der Waals surface area contributed by atoms with Gasteiger partial charge in [0.15, 0.2) is 11.3 Å². The summed E-state index contributed by atoms with van der Waals surface area (Å²) in [5.41, 5.74) is -0.743. The average Bonchev–Trinajstić information content (AvgIpc) is 3.55. The molecule has 2 fully saturated rings. The molecular formula is C23H25F3N4OS. The van der Waals surface area contributed by atoms with Gasteiger partial charge < -0.3 is 5.32 Å². The molecule has 0 saturated heterocycles. The van der Waals surface area contributed by atoms with Crippen molar-refractivity contribution < 1.29 is 18.0 Å². The number of alkyl halides is 3. The number of carbonyl (C=O) groups is 1. The van der Waals surface area contributed by atoms with Crippen LogP contribution in [-0.2, 0) is 12.6 Å². The number of aryl methyl sites for hydroxylation is 1. The number of carbonyl (C=O) groups excluding carboxylic acids is 1. The molecule has 3 aromatic heterocycles. The van der Waals surface area contributed by atoms with E-state index in [9.17, 15) is 18.0 Å². The van der Waals surface area contributed by atoms with Crippen molar-refractivity contribution in [3.8, 4) is 10.6 Å². The van der Waals surface area contributed by atoms with Crippen molar-refractivity contribution in [2.75, 3.05) is 0 Å². The lowest BCUT2D eigenvalue weighted by Gasteiger charge is -2.28. The Labute approximate surface area is 188 Å². The largest absolute Gasteiger partial charge is 0.433 e. The van der Waals surface area contributed by atoms with E-state index in [0.29, 0.717) is 16.7 Å². The number of amides is 1. The summed E-state index contributed by atoms with van der Waals surface area (Å²) in [5.74, 6) is 1.38. The summed E-state index contributed by atoms with van der Waals surface area (Å²) in [6, 6.07) is 4.63. The summed E-state index contributed by atoms with van der Waals surface area (Å²) >= 11 is 1.40. The van der Waals surface area contributed by atoms with Crippen molar-refractivity contribution in [3.05, 3.63) is 40.5 Å². The molecule has 0 unspecified atom stereocenters. The predicted octanol–water partition coefficient (Wildman–Crippen LogP) is 5.59. The van der Waals surface area contributed by atoms with Gasteiger partial charge >= 0.3 is 6.18 Å². The van der Waals surface area contributed by atoms with Crippen LogP contribution in [0.3, 0.4) is 0 Å². The summed E-state index contributed by atoms with van der Waals surface area (Å²) in [5, 5.41) is 6.90. The number of rotatable bonds is 5. The summed E-state index contributed by atoms with van der Waals surface area (Å²) < 4.78 is 42.2. The molecule has 3 heterocycles. The number of hydrogen-bond acceptors (Lipinski definition) is 4. The third-order valence-electron chi connectivity index (χ3n) is 7.06. The molecule has 2 bridgehead atoms. The molecule has 2 aliphatic carbocycles. The maximum Gasteiger partial charge on any atom is 0.433 e. The SMILES string of the molecule is CCc1ccc(-c2cc(C(F)(F)F)n3ncc(C(=O)N[C@H](C)[C@@H]4C[C@H]5CC[C@H]4C5)c3n2)s1. The van der Waals surface area contributed by atoms with Crippen molar-refractivity contribution in [1.29, 1.82) is 0 Å². The van der Waals surface area contributed by atoms with Crippen LogP contribution in [0.5, 0.6) is 0 Å². The molecule has 9 heteroatoms. The van der Waals surface area contributed by atoms with Gasteiger partial charge in [0.25, 0.3) is 5.91 Å². The average molecular weight is 463 g/mol. The summed E-state index contributed by atoms with van der Waals surface area (Å²) in [6.07, 6.45) is 2.16. The highest BCUT2D eigenvalue weighted by molar-refractivity contribution is 7.15. The van der Waals surface area contributed by atoms with Crippen molar-refractivity contribution in [2.24, 2.45) is 17.8 Å². The lowest BCUT2D eigenvalue weighted by Crippen LogP contribution is -2.40. The molecule has 4 atom stereocenters. The molecule has 5 nitrogen and oxygen atoms in total. The van der Waals surface area contributed by atoms with E-state index < -0.39 is 17.8 Å². The van der Waals surface area contributed by atoms with E-state index in [1.807, 2.05) is 19.9 Å². The van der Waals surface area contributed by atoms with Crippen molar-refractivity contribution in [2.45, 2.75) is 58.2 Å². The van der Waals surface area contributed by atoms with Gasteiger partial charge in [0.1, 0.15) is 5.56 Å². The van der Waals surface area contributed by atoms with Gasteiger partial charge in [0.05, 0.1) is 16.8 Å². The first-order chi connectivity index (χ1) is 15.2. The van der Waals surface area contributed by atoms with Gasteiger partial charge in [-0.1, -0.05) is 13.3 Å². The lowest BCUT2D eigenvalue weighted by atomic mass is 9.84. The summed E-state index contributed by atoms with van der Waals surface area (Å²) in [6.45, 7) is 3.98. The number of thiophene rings is 1. The molecule has 0 aromatic carbocycles. The molecule has 2 saturated carbocycles. The van der Waals surface area contributed by atoms with Gasteiger partial charge in [-0.3, -0.25) is 4.79 Å². The van der Waals surface area contributed by atoms with Crippen LogP contribution in [0.2, 0.25) is 0 Å². The van der Waals surface area contributed by atoms with Crippen LogP contribution in [0, 0.1) is 17.8 Å². The smallest absolute Gasteiger partial charge is 0.349 e. The third kappa shape index (κ3) is 3.70. The lowest BCUT2D eigenvalue weighted by molar-refractivity contribution is -0.142. The summed E-state index contributed by atoms with van der Waals surface area (Å²) in [4.78, 5) is 19.2. The van der Waals surface area contributed by atoms with Crippen LogP contribution >= 0.6 is 11.3 Å². The minimum atomic E-state index is -4.63. The Hall–Kier alpha value is -2.42. The molecule has 3 aromatic rings. The van der Waals surface area contributed by atoms with Gasteiger partial charge in [0, 0.05) is 10.9 Å². The van der Waals surface area contributed by atoms with E-state index in [-0.39, 0.29) is 22.9 Å². The van der Waals surface area contributed by atoms with E-state index >= 15 is 0 Å². The first-order valence-electron chi connectivity index (χ1n) is 11.1. The van der Waals surface area contributed by atoms with Crippen LogP contribution in [0.1, 0.15) is 60.5 Å². The van der Waals surface area contributed by atoms with Crippen LogP contribution < -0.4 is 5.32 Å². The van der Waals surface area contributed by atoms with Gasteiger partial charge in [-0.15, -0.1) is 11.3 Å². The maximum atomic E-state index is 13.8. The van der Waals surface area contributed by atoms with Gasteiger partial charge in [-0.2, -0.15) is 18.3 Å². The minimum absolute atomic E-state index is 0.0394. The second kappa shape index (κ2) is 7.86. The molecule has 32 heavy (non-hydrogen) atoms. The number of hydrogen-bond donors (Lipinski definition) is 1. The molecule has 2 aliphatic rings. The first kappa shape index (κ1) is 21.4. The van der Waals surface area contributed by atoms with E-state index in [1.54, 1.807) is 6.07 Å². The fourth-order valence-corrected chi connectivity index (χ4v) is 6.36. The quantitative estimate of drug-likeness (QED) is 0.537. The standard InChI is InChI=1S/C23H25F3N4OS/c1-3-15-6-7-19(32-15)18-10-20(23(24,25)26)30-21(29-18)17(11-27-30)22(31)28-12(2)16-9-13-4-5-14(16)8-13/h6-7,10-14,16H,3-5,8-9H2,1-2H3,(H,28,31)/t12-,13+,14+,16+/m1/s1. The Kier molecular flexibility index (Phi) is 5.27. The van der Waals surface area contributed by atoms with Crippen molar-refractivity contribution >= 4 is 22.9 Å². The highest BCUT2D eigenvalue weighted by Gasteiger charge is 2.42. The molecular weight excluding hydrogens is 437 g/mol. The minimum Gasteiger partial charge on any atom is -0.349 e. The highest BCUT2D eigenvalue weighted by Crippen LogP contribution is 2.49. The van der Waals surface area contributed by atoms with Crippen LogP contribution in [0.15, 0.2) is 24.4 Å². The number of nitrogens with one attached hydrogen (secondary N) is 1. The molecule has 0 radical (unpaired) electrons. The molecule has 1 N–H and O–H groups in total. The second-order valence-corrected chi connectivity index (χ2v) is 10.2. The first-order valence-corrected chi connectivity index (χ1v) is 11.9. The van der Waals surface area contributed by atoms with E-state index in [4.69, 9.17) is 0 Å². The number of aromatic nitrogens is 3. The Morgan fingerprint density at radius 3 is 2.75 bits per heavy atom. The fourth-order valence-electron chi connectivity index (χ4n) is 5.45. The molecule has 0 aliphatic heterocycles. The molecule has 170 valence electrons. The Balaban J connectivity index is 1.50.